The van der Waals surface area contributed by atoms with Crippen LogP contribution in [-0.4, -0.2) is 38.6 Å². The second kappa shape index (κ2) is 8.67. The van der Waals surface area contributed by atoms with Gasteiger partial charge in [0.2, 0.25) is 11.8 Å². The molecule has 1 atom stereocenters. The highest BCUT2D eigenvalue weighted by Gasteiger charge is 2.24. The zero-order chi connectivity index (χ0) is 19.5. The predicted molar refractivity (Wildman–Crippen MR) is 113 cm³/mol. The molecule has 1 aliphatic rings. The second-order valence-electron chi connectivity index (χ2n) is 6.52. The number of para-hydroxylation sites is 1. The fourth-order valence-electron chi connectivity index (χ4n) is 2.96. The van der Waals surface area contributed by atoms with Crippen molar-refractivity contribution in [2.75, 3.05) is 17.2 Å². The Morgan fingerprint density at radius 3 is 3.04 bits per heavy atom. The van der Waals surface area contributed by atoms with Crippen molar-refractivity contribution in [1.82, 2.24) is 15.2 Å². The SMILES string of the molecule is Cc1nc(Cc2nnc(SCC(=O)N3CCC(C)Sc4ccccc43)o2)cs1. The number of aromatic nitrogens is 3. The van der Waals surface area contributed by atoms with Crippen molar-refractivity contribution in [3.05, 3.63) is 46.2 Å². The molecule has 0 aliphatic carbocycles. The summed E-state index contributed by atoms with van der Waals surface area (Å²) in [7, 11) is 0. The van der Waals surface area contributed by atoms with Crippen LogP contribution in [0.1, 0.15) is 29.9 Å². The van der Waals surface area contributed by atoms with Gasteiger partial charge < -0.3 is 9.32 Å². The Morgan fingerprint density at radius 2 is 2.21 bits per heavy atom. The number of carbonyl (C=O) groups excluding carboxylic acids is 1. The van der Waals surface area contributed by atoms with E-state index in [9.17, 15) is 4.79 Å². The molecular weight excluding hydrogens is 412 g/mol. The number of anilines is 1. The molecule has 1 unspecified atom stereocenters. The molecule has 0 radical (unpaired) electrons. The van der Waals surface area contributed by atoms with Crippen molar-refractivity contribution >= 4 is 46.5 Å². The van der Waals surface area contributed by atoms with Crippen LogP contribution in [0.5, 0.6) is 0 Å². The first-order chi connectivity index (χ1) is 13.6. The molecule has 6 nitrogen and oxygen atoms in total. The minimum atomic E-state index is 0.0574. The van der Waals surface area contributed by atoms with Crippen LogP contribution in [0.25, 0.3) is 0 Å². The largest absolute Gasteiger partial charge is 0.416 e. The summed E-state index contributed by atoms with van der Waals surface area (Å²) in [5.41, 5.74) is 1.92. The number of thiazole rings is 1. The molecule has 0 saturated carbocycles. The van der Waals surface area contributed by atoms with Crippen LogP contribution in [0, 0.1) is 6.92 Å². The monoisotopic (exact) mass is 432 g/mol. The molecule has 0 spiro atoms. The number of hydrogen-bond donors (Lipinski definition) is 0. The maximum Gasteiger partial charge on any atom is 0.277 e. The van der Waals surface area contributed by atoms with E-state index < -0.39 is 0 Å². The van der Waals surface area contributed by atoms with Crippen LogP contribution in [0.2, 0.25) is 0 Å². The molecule has 3 heterocycles. The Balaban J connectivity index is 1.39. The molecule has 0 N–H and O–H groups in total. The summed E-state index contributed by atoms with van der Waals surface area (Å²) < 4.78 is 5.68. The van der Waals surface area contributed by atoms with Gasteiger partial charge in [-0.25, -0.2) is 4.98 Å². The molecule has 28 heavy (non-hydrogen) atoms. The van der Waals surface area contributed by atoms with Crippen molar-refractivity contribution in [3.8, 4) is 0 Å². The van der Waals surface area contributed by atoms with Gasteiger partial charge in [-0.05, 0) is 25.5 Å². The van der Waals surface area contributed by atoms with Crippen LogP contribution < -0.4 is 4.90 Å². The molecule has 9 heteroatoms. The smallest absolute Gasteiger partial charge is 0.277 e. The van der Waals surface area contributed by atoms with Gasteiger partial charge in [0.05, 0.1) is 28.6 Å². The van der Waals surface area contributed by atoms with Crippen LogP contribution in [0.4, 0.5) is 5.69 Å². The summed E-state index contributed by atoms with van der Waals surface area (Å²) in [6.07, 6.45) is 1.48. The van der Waals surface area contributed by atoms with E-state index in [4.69, 9.17) is 4.42 Å². The molecule has 0 saturated heterocycles. The van der Waals surface area contributed by atoms with E-state index in [-0.39, 0.29) is 11.7 Å². The van der Waals surface area contributed by atoms with Gasteiger partial charge in [0, 0.05) is 22.1 Å². The Labute approximate surface area is 176 Å². The number of aryl methyl sites for hydroxylation is 1. The number of carbonyl (C=O) groups is 1. The van der Waals surface area contributed by atoms with E-state index in [1.165, 1.54) is 11.8 Å². The van der Waals surface area contributed by atoms with Crippen molar-refractivity contribution in [3.63, 3.8) is 0 Å². The van der Waals surface area contributed by atoms with E-state index in [1.54, 1.807) is 11.3 Å². The Bertz CT molecular complexity index is 972. The highest BCUT2D eigenvalue weighted by Crippen LogP contribution is 2.37. The molecular formula is C19H20N4O2S3. The lowest BCUT2D eigenvalue weighted by atomic mass is 10.2. The summed E-state index contributed by atoms with van der Waals surface area (Å²) in [6, 6.07) is 8.10. The minimum Gasteiger partial charge on any atom is -0.416 e. The fraction of sp³-hybridized carbons (Fsp3) is 0.368. The zero-order valence-electron chi connectivity index (χ0n) is 15.6. The molecule has 1 aromatic carbocycles. The first-order valence-electron chi connectivity index (χ1n) is 9.00. The fourth-order valence-corrected chi connectivity index (χ4v) is 5.34. The first kappa shape index (κ1) is 19.5. The van der Waals surface area contributed by atoms with Crippen LogP contribution >= 0.6 is 34.9 Å². The topological polar surface area (TPSA) is 72.1 Å². The standard InChI is InChI=1S/C19H20N4O2S3/c1-12-7-8-23(15-5-3-4-6-16(15)28-12)18(24)11-27-19-22-21-17(25-19)9-14-10-26-13(2)20-14/h3-6,10,12H,7-9,11H2,1-2H3. The third kappa shape index (κ3) is 4.59. The van der Waals surface area contributed by atoms with Gasteiger partial charge in [-0.2, -0.15) is 0 Å². The molecule has 0 fully saturated rings. The average Bonchev–Trinajstić information content (AvgIpc) is 3.25. The normalized spacial score (nSPS) is 16.6. The molecule has 4 rings (SSSR count). The second-order valence-corrected chi connectivity index (χ2v) is 9.98. The first-order valence-corrected chi connectivity index (χ1v) is 11.7. The summed E-state index contributed by atoms with van der Waals surface area (Å²) in [5.74, 6) is 0.845. The summed E-state index contributed by atoms with van der Waals surface area (Å²) >= 11 is 4.71. The van der Waals surface area contributed by atoms with Crippen molar-refractivity contribution in [2.24, 2.45) is 0 Å². The molecule has 146 valence electrons. The lowest BCUT2D eigenvalue weighted by Gasteiger charge is -2.22. The van der Waals surface area contributed by atoms with Gasteiger partial charge in [0.1, 0.15) is 0 Å². The lowest BCUT2D eigenvalue weighted by molar-refractivity contribution is -0.116. The molecule has 1 aliphatic heterocycles. The van der Waals surface area contributed by atoms with Gasteiger partial charge in [0.25, 0.3) is 5.22 Å². The number of thioether (sulfide) groups is 2. The summed E-state index contributed by atoms with van der Waals surface area (Å²) in [6.45, 7) is 4.89. The lowest BCUT2D eigenvalue weighted by Crippen LogP contribution is -2.33. The van der Waals surface area contributed by atoms with Crippen molar-refractivity contribution in [2.45, 2.75) is 42.1 Å². The Kier molecular flexibility index (Phi) is 6.03. The van der Waals surface area contributed by atoms with Gasteiger partial charge in [-0.15, -0.1) is 33.3 Å². The molecule has 1 amide bonds. The van der Waals surface area contributed by atoms with Crippen molar-refractivity contribution in [1.29, 1.82) is 0 Å². The maximum atomic E-state index is 12.9. The molecule has 0 bridgehead atoms. The van der Waals surface area contributed by atoms with E-state index in [2.05, 4.69) is 28.2 Å². The number of fused-ring (bicyclic) bond motifs is 1. The van der Waals surface area contributed by atoms with Crippen molar-refractivity contribution < 1.29 is 9.21 Å². The van der Waals surface area contributed by atoms with Gasteiger partial charge >= 0.3 is 0 Å². The maximum absolute atomic E-state index is 12.9. The third-order valence-electron chi connectivity index (χ3n) is 4.31. The Hall–Kier alpha value is -1.84. The quantitative estimate of drug-likeness (QED) is 0.552. The zero-order valence-corrected chi connectivity index (χ0v) is 18.1. The van der Waals surface area contributed by atoms with Crippen LogP contribution in [0.15, 0.2) is 44.2 Å². The highest BCUT2D eigenvalue weighted by atomic mass is 32.2. The number of hydrogen-bond acceptors (Lipinski definition) is 8. The summed E-state index contributed by atoms with van der Waals surface area (Å²) in [4.78, 5) is 20.3. The number of benzene rings is 1. The van der Waals surface area contributed by atoms with E-state index >= 15 is 0 Å². The Morgan fingerprint density at radius 1 is 1.36 bits per heavy atom. The number of amides is 1. The third-order valence-corrected chi connectivity index (χ3v) is 7.17. The summed E-state index contributed by atoms with van der Waals surface area (Å²) in [5, 5.41) is 12.0. The number of nitrogens with zero attached hydrogens (tertiary/aromatic N) is 4. The van der Waals surface area contributed by atoms with Gasteiger partial charge in [-0.3, -0.25) is 4.79 Å². The minimum absolute atomic E-state index is 0.0574. The van der Waals surface area contributed by atoms with Crippen LogP contribution in [-0.2, 0) is 11.2 Å². The van der Waals surface area contributed by atoms with E-state index in [0.717, 1.165) is 34.2 Å². The molecule has 2 aromatic heterocycles. The number of rotatable bonds is 5. The highest BCUT2D eigenvalue weighted by molar-refractivity contribution is 8.00. The molecule has 3 aromatic rings. The van der Waals surface area contributed by atoms with E-state index in [0.29, 0.717) is 22.8 Å². The van der Waals surface area contributed by atoms with Crippen LogP contribution in [0.3, 0.4) is 0 Å². The predicted octanol–water partition coefficient (Wildman–Crippen LogP) is 4.43. The van der Waals surface area contributed by atoms with Gasteiger partial charge in [-0.1, -0.05) is 30.8 Å². The van der Waals surface area contributed by atoms with E-state index in [1.807, 2.05) is 47.2 Å². The average molecular weight is 433 g/mol. The van der Waals surface area contributed by atoms with Gasteiger partial charge in [0.15, 0.2) is 0 Å².